The Morgan fingerprint density at radius 1 is 1.19 bits per heavy atom. The lowest BCUT2D eigenvalue weighted by atomic mass is 9.75. The predicted molar refractivity (Wildman–Crippen MR) is 130 cm³/mol. The number of fused-ring (bicyclic) bond motifs is 1. The van der Waals surface area contributed by atoms with Crippen LogP contribution in [0.3, 0.4) is 0 Å². The number of hydrogen-bond donors (Lipinski definition) is 0. The first-order chi connectivity index (χ1) is 16.5. The molecule has 0 N–H and O–H groups in total. The van der Waals surface area contributed by atoms with E-state index in [0.717, 1.165) is 33.4 Å². The van der Waals surface area contributed by atoms with Gasteiger partial charge in [-0.15, -0.1) is 0 Å². The van der Waals surface area contributed by atoms with Crippen LogP contribution in [0.25, 0.3) is 4.85 Å². The van der Waals surface area contributed by atoms with E-state index in [9.17, 15) is 4.39 Å². The number of rotatable bonds is 6. The van der Waals surface area contributed by atoms with Crippen LogP contribution in [0.4, 0.5) is 10.1 Å². The molecule has 172 valence electrons. The summed E-state index contributed by atoms with van der Waals surface area (Å²) in [6.45, 7) is 20.0. The summed E-state index contributed by atoms with van der Waals surface area (Å²) in [6.07, 6.45) is 0.138. The lowest BCUT2D eigenvalue weighted by Gasteiger charge is -2.37. The van der Waals surface area contributed by atoms with Crippen LogP contribution in [0.1, 0.15) is 84.6 Å². The second-order valence-corrected chi connectivity index (χ2v) is 9.54. The summed E-state index contributed by atoms with van der Waals surface area (Å²) in [5, 5.41) is 0. The lowest BCUT2D eigenvalue weighted by molar-refractivity contribution is -0.0568. The first kappa shape index (κ1) is 19.3. The summed E-state index contributed by atoms with van der Waals surface area (Å²) in [5.41, 5.74) is 5.51. The van der Waals surface area contributed by atoms with Crippen LogP contribution < -0.4 is 0 Å². The first-order valence-corrected chi connectivity index (χ1v) is 11.2. The molecular formula is C28H37FN2O. The van der Waals surface area contributed by atoms with E-state index < -0.39 is 18.6 Å². The van der Waals surface area contributed by atoms with Crippen molar-refractivity contribution in [2.24, 2.45) is 5.92 Å². The van der Waals surface area contributed by atoms with Gasteiger partial charge in [0.1, 0.15) is 11.4 Å². The van der Waals surface area contributed by atoms with Crippen molar-refractivity contribution in [2.75, 3.05) is 13.5 Å². The Morgan fingerprint density at radius 2 is 1.88 bits per heavy atom. The Morgan fingerprint density at radius 3 is 2.47 bits per heavy atom. The molecule has 1 aliphatic rings. The maximum absolute atomic E-state index is 14.5. The standard InChI is InChI=1S/C28H37FN2O/c1-16(2)31(10)15-17(3)14-28(23-11-12-25(29)20(6)19(23)5)24-13-18(4)27(30-9)21(7)26(24)22(8)32-28/h11-13,16-17,22H,14-15H2,1-8,10H3/t17?,22?,28-/m0/s1/i10D3,16D. The van der Waals surface area contributed by atoms with Crippen molar-refractivity contribution in [2.45, 2.75) is 79.5 Å². The fourth-order valence-electron chi connectivity index (χ4n) is 5.19. The molecule has 4 heteroatoms. The van der Waals surface area contributed by atoms with Crippen molar-refractivity contribution in [3.05, 3.63) is 74.4 Å². The first-order valence-electron chi connectivity index (χ1n) is 13.2. The Balaban J connectivity index is 2.24. The quantitative estimate of drug-likeness (QED) is 0.438. The molecule has 3 rings (SSSR count). The van der Waals surface area contributed by atoms with E-state index in [4.69, 9.17) is 16.8 Å². The van der Waals surface area contributed by atoms with Gasteiger partial charge in [0.05, 0.1) is 12.7 Å². The van der Waals surface area contributed by atoms with Gasteiger partial charge >= 0.3 is 0 Å². The Hall–Kier alpha value is -2.22. The smallest absolute Gasteiger partial charge is 0.193 e. The molecule has 3 nitrogen and oxygen atoms in total. The third-order valence-electron chi connectivity index (χ3n) is 6.94. The highest BCUT2D eigenvalue weighted by Crippen LogP contribution is 2.54. The monoisotopic (exact) mass is 440 g/mol. The fraction of sp³-hybridized carbons (Fsp3) is 0.536. The van der Waals surface area contributed by atoms with Crippen LogP contribution >= 0.6 is 0 Å². The zero-order chi connectivity index (χ0) is 27.4. The molecule has 1 heterocycles. The Labute approximate surface area is 199 Å². The number of benzene rings is 2. The molecule has 2 aromatic carbocycles. The molecule has 0 saturated heterocycles. The normalized spacial score (nSPS) is 23.7. The molecule has 0 saturated carbocycles. The van der Waals surface area contributed by atoms with Gasteiger partial charge in [-0.1, -0.05) is 19.1 Å². The highest BCUT2D eigenvalue weighted by atomic mass is 19.1. The summed E-state index contributed by atoms with van der Waals surface area (Å²) in [4.78, 5) is 4.99. The van der Waals surface area contributed by atoms with Gasteiger partial charge in [-0.2, -0.15) is 0 Å². The number of nitrogens with zero attached hydrogens (tertiary/aromatic N) is 2. The average Bonchev–Trinajstić information content (AvgIpc) is 3.00. The highest BCUT2D eigenvalue weighted by Gasteiger charge is 2.48. The summed E-state index contributed by atoms with van der Waals surface area (Å²) < 4.78 is 53.8. The minimum Gasteiger partial charge on any atom is -0.358 e. The van der Waals surface area contributed by atoms with Crippen molar-refractivity contribution in [1.82, 2.24) is 4.90 Å². The number of hydrogen-bond acceptors (Lipinski definition) is 2. The van der Waals surface area contributed by atoms with Gasteiger partial charge in [-0.05, 0) is 113 Å². The third-order valence-corrected chi connectivity index (χ3v) is 6.94. The minimum absolute atomic E-state index is 0.166. The summed E-state index contributed by atoms with van der Waals surface area (Å²) in [7, 11) is 0. The van der Waals surface area contributed by atoms with E-state index in [2.05, 4.69) is 4.85 Å². The highest BCUT2D eigenvalue weighted by molar-refractivity contribution is 5.66. The molecule has 0 bridgehead atoms. The van der Waals surface area contributed by atoms with Crippen LogP contribution in [0, 0.1) is 46.0 Å². The summed E-state index contributed by atoms with van der Waals surface area (Å²) in [6, 6.07) is 3.95. The maximum Gasteiger partial charge on any atom is 0.193 e. The molecule has 3 atom stereocenters. The van der Waals surface area contributed by atoms with Crippen LogP contribution in [0.5, 0.6) is 0 Å². The van der Waals surface area contributed by atoms with Crippen LogP contribution in [-0.4, -0.2) is 24.4 Å². The molecule has 2 aromatic rings. The molecule has 0 aliphatic carbocycles. The average molecular weight is 441 g/mol. The number of halogens is 1. The number of ether oxygens (including phenoxy) is 1. The van der Waals surface area contributed by atoms with Gasteiger partial charge in [0, 0.05) is 18.0 Å². The molecule has 0 fully saturated rings. The van der Waals surface area contributed by atoms with Gasteiger partial charge in [0.2, 0.25) is 0 Å². The van der Waals surface area contributed by atoms with Crippen LogP contribution in [0.2, 0.25) is 0 Å². The zero-order valence-electron chi connectivity index (χ0n) is 24.5. The summed E-state index contributed by atoms with van der Waals surface area (Å²) in [5.74, 6) is -0.468. The van der Waals surface area contributed by atoms with Crippen molar-refractivity contribution in [3.8, 4) is 0 Å². The van der Waals surface area contributed by atoms with Crippen molar-refractivity contribution in [1.29, 1.82) is 0 Å². The fourth-order valence-corrected chi connectivity index (χ4v) is 5.19. The van der Waals surface area contributed by atoms with E-state index in [1.54, 1.807) is 26.8 Å². The van der Waals surface area contributed by atoms with Crippen molar-refractivity contribution >= 4 is 5.69 Å². The topological polar surface area (TPSA) is 16.8 Å². The zero-order valence-corrected chi connectivity index (χ0v) is 20.5. The SMILES string of the molecule is [2H]C([2H])([2H])N(CC(C)C[C@@]1(c2ccc(F)c(C)c2C)OC(C)c2c1cc(C)c([N+]#[C-])c2C)C([2H])(C)C. The van der Waals surface area contributed by atoms with Crippen LogP contribution in [-0.2, 0) is 10.3 Å². The lowest BCUT2D eigenvalue weighted by Crippen LogP contribution is -2.36. The van der Waals surface area contributed by atoms with E-state index in [-0.39, 0.29) is 24.4 Å². The molecule has 2 unspecified atom stereocenters. The maximum atomic E-state index is 14.5. The molecule has 32 heavy (non-hydrogen) atoms. The van der Waals surface area contributed by atoms with Crippen molar-refractivity contribution in [3.63, 3.8) is 0 Å². The Bertz CT molecular complexity index is 1200. The molecular weight excluding hydrogens is 399 g/mol. The minimum atomic E-state index is -2.42. The van der Waals surface area contributed by atoms with E-state index in [1.165, 1.54) is 11.0 Å². The second kappa shape index (κ2) is 8.96. The van der Waals surface area contributed by atoms with E-state index in [1.807, 2.05) is 40.7 Å². The van der Waals surface area contributed by atoms with Gasteiger partial charge in [0.25, 0.3) is 0 Å². The van der Waals surface area contributed by atoms with Gasteiger partial charge < -0.3 is 9.64 Å². The molecule has 1 aliphatic heterocycles. The predicted octanol–water partition coefficient (Wildman–Crippen LogP) is 7.31. The third kappa shape index (κ3) is 3.98. The molecule has 0 radical (unpaired) electrons. The van der Waals surface area contributed by atoms with E-state index in [0.29, 0.717) is 17.7 Å². The van der Waals surface area contributed by atoms with Gasteiger partial charge in [-0.25, -0.2) is 9.24 Å². The molecule has 0 amide bonds. The van der Waals surface area contributed by atoms with Crippen molar-refractivity contribution < 1.29 is 14.6 Å². The molecule has 0 spiro atoms. The van der Waals surface area contributed by atoms with Crippen LogP contribution in [0.15, 0.2) is 18.2 Å². The van der Waals surface area contributed by atoms with Gasteiger partial charge in [-0.3, -0.25) is 0 Å². The Kier molecular flexibility index (Phi) is 5.40. The second-order valence-electron chi connectivity index (χ2n) is 9.54. The molecule has 0 aromatic heterocycles. The summed E-state index contributed by atoms with van der Waals surface area (Å²) >= 11 is 0. The van der Waals surface area contributed by atoms with Gasteiger partial charge in [0.15, 0.2) is 5.69 Å². The largest absolute Gasteiger partial charge is 0.358 e. The van der Waals surface area contributed by atoms with E-state index >= 15 is 0 Å². The number of aryl methyl sites for hydroxylation is 1.